The molecule has 0 saturated carbocycles. The predicted octanol–water partition coefficient (Wildman–Crippen LogP) is 3.85. The molecule has 2 aliphatic heterocycles. The Morgan fingerprint density at radius 2 is 1.85 bits per heavy atom. The first-order valence-electron chi connectivity index (χ1n) is 10.9. The van der Waals surface area contributed by atoms with E-state index < -0.39 is 10.0 Å². The summed E-state index contributed by atoms with van der Waals surface area (Å²) >= 11 is 6.02. The largest absolute Gasteiger partial charge is 0.343 e. The van der Waals surface area contributed by atoms with Gasteiger partial charge in [0.15, 0.2) is 0 Å². The Bertz CT molecular complexity index is 1270. The van der Waals surface area contributed by atoms with Crippen LogP contribution in [0.3, 0.4) is 0 Å². The van der Waals surface area contributed by atoms with Crippen LogP contribution in [0.4, 0.5) is 0 Å². The van der Waals surface area contributed by atoms with E-state index in [0.29, 0.717) is 37.1 Å². The fourth-order valence-corrected chi connectivity index (χ4v) is 6.27. The molecule has 1 amide bonds. The second-order valence-electron chi connectivity index (χ2n) is 8.51. The maximum atomic E-state index is 12.8. The fourth-order valence-electron chi connectivity index (χ4n) is 4.71. The molecule has 1 aromatic carbocycles. The molecule has 0 spiro atoms. The van der Waals surface area contributed by atoms with Crippen molar-refractivity contribution in [2.24, 2.45) is 0 Å². The monoisotopic (exact) mass is 508 g/mol. The first-order chi connectivity index (χ1) is 15.4. The molecule has 7 nitrogen and oxygen atoms in total. The SMILES string of the molecule is Cl.O=C(CCS(=O)(=O)N1Cc2ccc(Cl)cc2C1)N1CCC(c2cnc3ccccn23)CC1. The number of carbonyl (C=O) groups is 1. The number of pyridine rings is 1. The van der Waals surface area contributed by atoms with E-state index in [1.807, 2.05) is 42.7 Å². The normalized spacial score (nSPS) is 17.2. The lowest BCUT2D eigenvalue weighted by Gasteiger charge is -2.32. The molecule has 2 aromatic heterocycles. The molecule has 1 saturated heterocycles. The molecule has 0 N–H and O–H groups in total. The average molecular weight is 509 g/mol. The Hall–Kier alpha value is -2.13. The third-order valence-electron chi connectivity index (χ3n) is 6.54. The van der Waals surface area contributed by atoms with Crippen molar-refractivity contribution in [2.75, 3.05) is 18.8 Å². The second kappa shape index (κ2) is 9.62. The van der Waals surface area contributed by atoms with E-state index >= 15 is 0 Å². The van der Waals surface area contributed by atoms with Gasteiger partial charge in [0.05, 0.1) is 5.75 Å². The summed E-state index contributed by atoms with van der Waals surface area (Å²) in [4.78, 5) is 19.0. The molecule has 33 heavy (non-hydrogen) atoms. The Labute approximate surface area is 204 Å². The summed E-state index contributed by atoms with van der Waals surface area (Å²) in [5.74, 6) is 0.0841. The van der Waals surface area contributed by atoms with E-state index in [4.69, 9.17) is 11.6 Å². The summed E-state index contributed by atoms with van der Waals surface area (Å²) in [6.07, 6.45) is 5.65. The number of fused-ring (bicyclic) bond motifs is 2. The van der Waals surface area contributed by atoms with Crippen molar-refractivity contribution in [1.82, 2.24) is 18.6 Å². The van der Waals surface area contributed by atoms with Crippen molar-refractivity contribution in [3.8, 4) is 0 Å². The molecule has 0 unspecified atom stereocenters. The molecule has 0 aliphatic carbocycles. The summed E-state index contributed by atoms with van der Waals surface area (Å²) in [5, 5.41) is 0.602. The topological polar surface area (TPSA) is 75.0 Å². The number of amides is 1. The van der Waals surface area contributed by atoms with Gasteiger partial charge in [-0.15, -0.1) is 12.4 Å². The third kappa shape index (κ3) is 4.89. The summed E-state index contributed by atoms with van der Waals surface area (Å²) in [5.41, 5.74) is 4.00. The van der Waals surface area contributed by atoms with Crippen LogP contribution in [0.5, 0.6) is 0 Å². The number of rotatable bonds is 5. The van der Waals surface area contributed by atoms with Gasteiger partial charge in [0.2, 0.25) is 15.9 Å². The van der Waals surface area contributed by atoms with Crippen molar-refractivity contribution in [3.63, 3.8) is 0 Å². The molecule has 3 aromatic rings. The van der Waals surface area contributed by atoms with Gasteiger partial charge in [-0.25, -0.2) is 13.4 Å². The molecule has 10 heteroatoms. The van der Waals surface area contributed by atoms with Gasteiger partial charge >= 0.3 is 0 Å². The minimum Gasteiger partial charge on any atom is -0.343 e. The van der Waals surface area contributed by atoms with Gasteiger partial charge in [-0.2, -0.15) is 4.31 Å². The highest BCUT2D eigenvalue weighted by Gasteiger charge is 2.31. The van der Waals surface area contributed by atoms with Crippen molar-refractivity contribution in [3.05, 3.63) is 70.6 Å². The first kappa shape index (κ1) is 24.0. The van der Waals surface area contributed by atoms with Gasteiger partial charge in [0.25, 0.3) is 0 Å². The number of halogens is 2. The number of nitrogens with zero attached hydrogens (tertiary/aromatic N) is 4. The summed E-state index contributed by atoms with van der Waals surface area (Å²) in [7, 11) is -3.51. The zero-order chi connectivity index (χ0) is 22.3. The number of sulfonamides is 1. The molecule has 4 heterocycles. The van der Waals surface area contributed by atoms with Crippen LogP contribution in [-0.4, -0.2) is 51.8 Å². The summed E-state index contributed by atoms with van der Waals surface area (Å²) < 4.78 is 29.2. The van der Waals surface area contributed by atoms with Crippen LogP contribution in [0.1, 0.15) is 42.0 Å². The van der Waals surface area contributed by atoms with E-state index in [1.54, 1.807) is 11.0 Å². The van der Waals surface area contributed by atoms with E-state index in [0.717, 1.165) is 29.6 Å². The maximum Gasteiger partial charge on any atom is 0.223 e. The smallest absolute Gasteiger partial charge is 0.223 e. The molecule has 0 radical (unpaired) electrons. The van der Waals surface area contributed by atoms with Crippen molar-refractivity contribution in [2.45, 2.75) is 38.3 Å². The number of aromatic nitrogens is 2. The van der Waals surface area contributed by atoms with Gasteiger partial charge < -0.3 is 9.30 Å². The van der Waals surface area contributed by atoms with E-state index in [2.05, 4.69) is 9.38 Å². The maximum absolute atomic E-state index is 12.8. The number of hydrogen-bond donors (Lipinski definition) is 0. The van der Waals surface area contributed by atoms with Gasteiger partial charge in [-0.05, 0) is 48.2 Å². The van der Waals surface area contributed by atoms with E-state index in [-0.39, 0.29) is 30.5 Å². The molecular formula is C23H26Cl2N4O3S. The molecule has 2 aliphatic rings. The lowest BCUT2D eigenvalue weighted by molar-refractivity contribution is -0.131. The van der Waals surface area contributed by atoms with Gasteiger partial charge in [-0.1, -0.05) is 23.7 Å². The molecule has 1 fully saturated rings. The Balaban J connectivity index is 0.00000259. The number of carbonyl (C=O) groups excluding carboxylic acids is 1. The number of likely N-dealkylation sites (tertiary alicyclic amines) is 1. The Morgan fingerprint density at radius 1 is 1.09 bits per heavy atom. The summed E-state index contributed by atoms with van der Waals surface area (Å²) in [6, 6.07) is 11.4. The standard InChI is InChI=1S/C23H25ClN4O3S.ClH/c24-20-5-4-18-15-27(16-19(18)13-20)32(30,31)12-8-23(29)26-10-6-17(7-11-26)21-14-25-22-3-1-2-9-28(21)22;/h1-5,9,13-14,17H,6-8,10-12,15-16H2;1H. The highest BCUT2D eigenvalue weighted by Crippen LogP contribution is 2.30. The van der Waals surface area contributed by atoms with Gasteiger partial charge in [0, 0.05) is 61.6 Å². The van der Waals surface area contributed by atoms with Crippen LogP contribution >= 0.6 is 24.0 Å². The van der Waals surface area contributed by atoms with Crippen LogP contribution < -0.4 is 0 Å². The fraction of sp³-hybridized carbons (Fsp3) is 0.391. The quantitative estimate of drug-likeness (QED) is 0.524. The first-order valence-corrected chi connectivity index (χ1v) is 12.8. The highest BCUT2D eigenvalue weighted by molar-refractivity contribution is 7.89. The average Bonchev–Trinajstić information content (AvgIpc) is 3.42. The molecule has 0 atom stereocenters. The van der Waals surface area contributed by atoms with E-state index in [9.17, 15) is 13.2 Å². The third-order valence-corrected chi connectivity index (χ3v) is 8.54. The van der Waals surface area contributed by atoms with Crippen LogP contribution in [0.2, 0.25) is 5.02 Å². The highest BCUT2D eigenvalue weighted by atomic mass is 35.5. The second-order valence-corrected chi connectivity index (χ2v) is 11.0. The van der Waals surface area contributed by atoms with Gasteiger partial charge in [0.1, 0.15) is 5.65 Å². The lowest BCUT2D eigenvalue weighted by atomic mass is 9.93. The molecule has 0 bridgehead atoms. The number of benzene rings is 1. The minimum atomic E-state index is -3.51. The lowest BCUT2D eigenvalue weighted by Crippen LogP contribution is -2.39. The summed E-state index contributed by atoms with van der Waals surface area (Å²) in [6.45, 7) is 1.93. The number of imidazole rings is 1. The van der Waals surface area contributed by atoms with Gasteiger partial charge in [-0.3, -0.25) is 4.79 Å². The van der Waals surface area contributed by atoms with Crippen LogP contribution in [0.25, 0.3) is 5.65 Å². The predicted molar refractivity (Wildman–Crippen MR) is 130 cm³/mol. The van der Waals surface area contributed by atoms with Crippen LogP contribution in [0, 0.1) is 0 Å². The Kier molecular flexibility index (Phi) is 7.00. The van der Waals surface area contributed by atoms with Crippen LogP contribution in [0.15, 0.2) is 48.8 Å². The Morgan fingerprint density at radius 3 is 2.64 bits per heavy atom. The van der Waals surface area contributed by atoms with Crippen LogP contribution in [-0.2, 0) is 27.9 Å². The molecule has 5 rings (SSSR count). The van der Waals surface area contributed by atoms with Crippen molar-refractivity contribution >= 4 is 45.6 Å². The van der Waals surface area contributed by atoms with Crippen molar-refractivity contribution < 1.29 is 13.2 Å². The van der Waals surface area contributed by atoms with E-state index in [1.165, 1.54) is 10.00 Å². The zero-order valence-corrected chi connectivity index (χ0v) is 20.4. The molecule has 176 valence electrons. The minimum absolute atomic E-state index is 0. The van der Waals surface area contributed by atoms with Crippen molar-refractivity contribution in [1.29, 1.82) is 0 Å². The number of hydrogen-bond acceptors (Lipinski definition) is 4. The zero-order valence-electron chi connectivity index (χ0n) is 18.1. The number of piperidine rings is 1. The molecular weight excluding hydrogens is 483 g/mol.